The van der Waals surface area contributed by atoms with Crippen molar-refractivity contribution >= 4 is 16.8 Å². The number of ketones is 1. The zero-order valence-corrected chi connectivity index (χ0v) is 17.7. The van der Waals surface area contributed by atoms with Crippen LogP contribution in [0.25, 0.3) is 11.0 Å². The van der Waals surface area contributed by atoms with E-state index in [4.69, 9.17) is 4.42 Å². The molecule has 160 valence electrons. The van der Waals surface area contributed by atoms with E-state index in [1.807, 2.05) is 31.2 Å². The van der Waals surface area contributed by atoms with Crippen molar-refractivity contribution in [2.45, 2.75) is 27.3 Å². The quantitative estimate of drug-likeness (QED) is 0.481. The van der Waals surface area contributed by atoms with Gasteiger partial charge >= 0.3 is 0 Å². The summed E-state index contributed by atoms with van der Waals surface area (Å²) in [4.78, 5) is 26.3. The highest BCUT2D eigenvalue weighted by atomic mass is 19.1. The molecule has 2 heterocycles. The Bertz CT molecular complexity index is 1490. The number of nitrogens with zero attached hydrogens (tertiary/aromatic N) is 2. The Morgan fingerprint density at radius 2 is 1.81 bits per heavy atom. The van der Waals surface area contributed by atoms with Crippen molar-refractivity contribution in [3.8, 4) is 11.9 Å². The topological polar surface area (TPSA) is 96.2 Å². The summed E-state index contributed by atoms with van der Waals surface area (Å²) in [6, 6.07) is 12.8. The largest absolute Gasteiger partial charge is 0.494 e. The molecule has 0 aliphatic heterocycles. The maximum absolute atomic E-state index is 13.5. The summed E-state index contributed by atoms with van der Waals surface area (Å²) in [5.41, 5.74) is 1.52. The van der Waals surface area contributed by atoms with E-state index in [-0.39, 0.29) is 29.0 Å². The zero-order chi connectivity index (χ0) is 23.2. The highest BCUT2D eigenvalue weighted by Gasteiger charge is 2.28. The predicted molar refractivity (Wildman–Crippen MR) is 116 cm³/mol. The van der Waals surface area contributed by atoms with Crippen molar-refractivity contribution in [3.05, 3.63) is 97.8 Å². The molecule has 0 aliphatic carbocycles. The highest BCUT2D eigenvalue weighted by molar-refractivity contribution is 6.12. The van der Waals surface area contributed by atoms with Crippen LogP contribution in [0.5, 0.6) is 5.88 Å². The van der Waals surface area contributed by atoms with E-state index in [1.165, 1.54) is 31.2 Å². The fourth-order valence-electron chi connectivity index (χ4n) is 3.80. The number of carbonyl (C=O) groups is 1. The van der Waals surface area contributed by atoms with Gasteiger partial charge in [0.05, 0.1) is 12.1 Å². The summed E-state index contributed by atoms with van der Waals surface area (Å²) in [5, 5.41) is 21.3. The third-order valence-corrected chi connectivity index (χ3v) is 5.58. The van der Waals surface area contributed by atoms with Crippen LogP contribution in [0.15, 0.2) is 51.7 Å². The van der Waals surface area contributed by atoms with E-state index < -0.39 is 23.0 Å². The summed E-state index contributed by atoms with van der Waals surface area (Å²) in [6.45, 7) is 4.94. The van der Waals surface area contributed by atoms with Crippen LogP contribution in [-0.4, -0.2) is 15.5 Å². The number of pyridine rings is 1. The van der Waals surface area contributed by atoms with Gasteiger partial charge in [0.15, 0.2) is 5.76 Å². The molecule has 0 unspecified atom stereocenters. The van der Waals surface area contributed by atoms with Crippen LogP contribution in [0, 0.1) is 37.9 Å². The minimum absolute atomic E-state index is 0.0277. The normalized spacial score (nSPS) is 11.0. The molecule has 0 saturated heterocycles. The molecule has 7 heteroatoms. The molecule has 0 saturated carbocycles. The average Bonchev–Trinajstić information content (AvgIpc) is 3.08. The van der Waals surface area contributed by atoms with Crippen molar-refractivity contribution in [2.24, 2.45) is 0 Å². The van der Waals surface area contributed by atoms with Gasteiger partial charge in [0, 0.05) is 10.9 Å². The number of rotatable bonds is 4. The lowest BCUT2D eigenvalue weighted by molar-refractivity contribution is 0.101. The SMILES string of the molecule is Cc1ccc2c(C)c(C(=O)c3c(C)c(C#N)c(=O)n(Cc4ccc(F)cc4)c3O)oc2c1. The Hall–Kier alpha value is -4.18. The van der Waals surface area contributed by atoms with Gasteiger partial charge in [-0.3, -0.25) is 14.2 Å². The second-order valence-corrected chi connectivity index (χ2v) is 7.71. The van der Waals surface area contributed by atoms with Crippen LogP contribution < -0.4 is 5.56 Å². The maximum Gasteiger partial charge on any atom is 0.271 e. The van der Waals surface area contributed by atoms with E-state index in [1.54, 1.807) is 6.92 Å². The molecule has 0 atom stereocenters. The lowest BCUT2D eigenvalue weighted by Gasteiger charge is -2.15. The van der Waals surface area contributed by atoms with Gasteiger partial charge in [-0.15, -0.1) is 0 Å². The second-order valence-electron chi connectivity index (χ2n) is 7.71. The number of aromatic hydroxyl groups is 1. The number of furan rings is 1. The van der Waals surface area contributed by atoms with Crippen LogP contribution >= 0.6 is 0 Å². The number of benzene rings is 2. The van der Waals surface area contributed by atoms with Crippen LogP contribution in [0.4, 0.5) is 4.39 Å². The first-order valence-electron chi connectivity index (χ1n) is 9.88. The van der Waals surface area contributed by atoms with Crippen LogP contribution in [0.1, 0.15) is 43.9 Å². The number of carbonyl (C=O) groups excluding carboxylic acids is 1. The average molecular weight is 430 g/mol. The number of aromatic nitrogens is 1. The van der Waals surface area contributed by atoms with Crippen molar-refractivity contribution in [1.82, 2.24) is 4.57 Å². The molecular weight excluding hydrogens is 411 g/mol. The van der Waals surface area contributed by atoms with Gasteiger partial charge in [-0.25, -0.2) is 4.39 Å². The lowest BCUT2D eigenvalue weighted by atomic mass is 9.98. The van der Waals surface area contributed by atoms with Gasteiger partial charge in [-0.05, 0) is 55.7 Å². The first-order chi connectivity index (χ1) is 15.2. The van der Waals surface area contributed by atoms with Gasteiger partial charge in [0.25, 0.3) is 5.56 Å². The Labute approximate surface area is 182 Å². The van der Waals surface area contributed by atoms with E-state index in [9.17, 15) is 24.3 Å². The molecule has 2 aromatic carbocycles. The minimum Gasteiger partial charge on any atom is -0.494 e. The van der Waals surface area contributed by atoms with Crippen molar-refractivity contribution in [2.75, 3.05) is 0 Å². The van der Waals surface area contributed by atoms with Crippen LogP contribution in [0.3, 0.4) is 0 Å². The number of aryl methyl sites for hydroxylation is 2. The summed E-state index contributed by atoms with van der Waals surface area (Å²) in [6.07, 6.45) is 0. The molecular formula is C25H19FN2O4. The Morgan fingerprint density at radius 3 is 2.47 bits per heavy atom. The number of hydrogen-bond donors (Lipinski definition) is 1. The van der Waals surface area contributed by atoms with Gasteiger partial charge in [-0.2, -0.15) is 5.26 Å². The number of halogens is 1. The third kappa shape index (κ3) is 3.36. The molecule has 4 rings (SSSR count). The standard InChI is InChI=1S/C25H19FN2O4/c1-13-4-9-18-15(3)23(32-20(18)10-13)22(29)21-14(2)19(11-27)24(30)28(25(21)31)12-16-5-7-17(26)8-6-16/h4-10,31H,12H2,1-3H3. The Morgan fingerprint density at radius 1 is 1.12 bits per heavy atom. The monoisotopic (exact) mass is 430 g/mol. The summed E-state index contributed by atoms with van der Waals surface area (Å²) < 4.78 is 20.0. The van der Waals surface area contributed by atoms with Crippen molar-refractivity contribution < 1.29 is 18.7 Å². The molecule has 0 spiro atoms. The van der Waals surface area contributed by atoms with Crippen LogP contribution in [0.2, 0.25) is 0 Å². The molecule has 0 fully saturated rings. The Kier molecular flexibility index (Phi) is 5.15. The first-order valence-corrected chi connectivity index (χ1v) is 9.88. The van der Waals surface area contributed by atoms with Crippen molar-refractivity contribution in [1.29, 1.82) is 5.26 Å². The number of nitriles is 1. The van der Waals surface area contributed by atoms with E-state index >= 15 is 0 Å². The van der Waals surface area contributed by atoms with Gasteiger partial charge in [0.1, 0.15) is 23.0 Å². The van der Waals surface area contributed by atoms with E-state index in [0.29, 0.717) is 16.7 Å². The number of fused-ring (bicyclic) bond motifs is 1. The van der Waals surface area contributed by atoms with E-state index in [0.717, 1.165) is 15.5 Å². The second kappa shape index (κ2) is 7.82. The number of hydrogen-bond acceptors (Lipinski definition) is 5. The van der Waals surface area contributed by atoms with Gasteiger partial charge < -0.3 is 9.52 Å². The minimum atomic E-state index is -0.736. The molecule has 0 bridgehead atoms. The molecule has 6 nitrogen and oxygen atoms in total. The smallest absolute Gasteiger partial charge is 0.271 e. The third-order valence-electron chi connectivity index (χ3n) is 5.58. The van der Waals surface area contributed by atoms with E-state index in [2.05, 4.69) is 0 Å². The fraction of sp³-hybridized carbons (Fsp3) is 0.160. The Balaban J connectivity index is 1.91. The predicted octanol–water partition coefficient (Wildman–Crippen LogP) is 4.52. The van der Waals surface area contributed by atoms with Gasteiger partial charge in [0.2, 0.25) is 11.7 Å². The zero-order valence-electron chi connectivity index (χ0n) is 17.7. The van der Waals surface area contributed by atoms with Crippen molar-refractivity contribution in [3.63, 3.8) is 0 Å². The molecule has 4 aromatic rings. The molecule has 32 heavy (non-hydrogen) atoms. The summed E-state index contributed by atoms with van der Waals surface area (Å²) in [7, 11) is 0. The molecule has 0 radical (unpaired) electrons. The first kappa shape index (κ1) is 21.1. The summed E-state index contributed by atoms with van der Waals surface area (Å²) in [5.74, 6) is -1.62. The van der Waals surface area contributed by atoms with Gasteiger partial charge in [-0.1, -0.05) is 24.3 Å². The highest BCUT2D eigenvalue weighted by Crippen LogP contribution is 2.31. The fourth-order valence-corrected chi connectivity index (χ4v) is 3.80. The molecule has 0 amide bonds. The summed E-state index contributed by atoms with van der Waals surface area (Å²) >= 11 is 0. The van der Waals surface area contributed by atoms with Crippen LogP contribution in [-0.2, 0) is 6.54 Å². The molecule has 2 aromatic heterocycles. The lowest BCUT2D eigenvalue weighted by Crippen LogP contribution is -2.27. The maximum atomic E-state index is 13.5. The molecule has 0 aliphatic rings. The molecule has 1 N–H and O–H groups in total.